The van der Waals surface area contributed by atoms with Gasteiger partial charge in [0, 0.05) is 36.5 Å². The molecule has 7 heteroatoms. The first-order valence-electron chi connectivity index (χ1n) is 9.89. The van der Waals surface area contributed by atoms with Gasteiger partial charge in [-0.1, -0.05) is 6.07 Å². The maximum atomic E-state index is 14.6. The number of hydrogen-bond donors (Lipinski definition) is 0. The second kappa shape index (κ2) is 7.46. The summed E-state index contributed by atoms with van der Waals surface area (Å²) in [5.41, 5.74) is 2.00. The van der Waals surface area contributed by atoms with Gasteiger partial charge in [0.15, 0.2) is 0 Å². The third-order valence-electron chi connectivity index (χ3n) is 5.04. The minimum Gasteiger partial charge on any atom is -0.444 e. The number of carbonyl (C=O) groups excluding carboxylic acids is 1. The predicted molar refractivity (Wildman–Crippen MR) is 108 cm³/mol. The summed E-state index contributed by atoms with van der Waals surface area (Å²) in [4.78, 5) is 18.8. The van der Waals surface area contributed by atoms with E-state index >= 15 is 0 Å². The second-order valence-electron chi connectivity index (χ2n) is 8.42. The van der Waals surface area contributed by atoms with Gasteiger partial charge in [-0.15, -0.1) is 0 Å². The van der Waals surface area contributed by atoms with Gasteiger partial charge in [0.25, 0.3) is 0 Å². The number of halogens is 1. The lowest BCUT2D eigenvalue weighted by Gasteiger charge is -2.34. The number of pyridine rings is 2. The first kappa shape index (κ1) is 19.4. The van der Waals surface area contributed by atoms with Crippen LogP contribution in [0.4, 0.5) is 9.18 Å². The molecule has 0 aromatic carbocycles. The molecule has 29 heavy (non-hydrogen) atoms. The fourth-order valence-corrected chi connectivity index (χ4v) is 3.70. The van der Waals surface area contributed by atoms with Gasteiger partial charge in [0.05, 0.1) is 11.7 Å². The maximum Gasteiger partial charge on any atom is 0.410 e. The van der Waals surface area contributed by atoms with E-state index in [1.807, 2.05) is 45.2 Å². The van der Waals surface area contributed by atoms with E-state index in [9.17, 15) is 9.18 Å². The number of carbonyl (C=O) groups is 1. The highest BCUT2D eigenvalue weighted by atomic mass is 19.1. The molecule has 0 aliphatic carbocycles. The van der Waals surface area contributed by atoms with Crippen molar-refractivity contribution in [1.82, 2.24) is 19.5 Å². The molecule has 0 bridgehead atoms. The van der Waals surface area contributed by atoms with Crippen LogP contribution in [0.3, 0.4) is 0 Å². The van der Waals surface area contributed by atoms with E-state index in [1.54, 1.807) is 21.7 Å². The van der Waals surface area contributed by atoms with Crippen LogP contribution in [0.5, 0.6) is 0 Å². The SMILES string of the molecule is CC(C)(C)OC(=O)N1CCCC(c2ccc(F)c(-c3cnn4ccccc34)n2)C1. The molecule has 3 aromatic rings. The Morgan fingerprint density at radius 3 is 2.86 bits per heavy atom. The van der Waals surface area contributed by atoms with Gasteiger partial charge in [-0.25, -0.2) is 18.7 Å². The largest absolute Gasteiger partial charge is 0.444 e. The Balaban J connectivity index is 1.61. The molecule has 0 radical (unpaired) electrons. The smallest absolute Gasteiger partial charge is 0.410 e. The van der Waals surface area contributed by atoms with Gasteiger partial charge in [-0.05, 0) is 57.9 Å². The molecular formula is C22H25FN4O2. The van der Waals surface area contributed by atoms with E-state index in [0.29, 0.717) is 18.7 Å². The summed E-state index contributed by atoms with van der Waals surface area (Å²) in [6.07, 6.45) is 4.90. The number of likely N-dealkylation sites (tertiary alicyclic amines) is 1. The molecular weight excluding hydrogens is 371 g/mol. The van der Waals surface area contributed by atoms with Gasteiger partial charge in [-0.2, -0.15) is 5.10 Å². The minimum absolute atomic E-state index is 0.0393. The molecule has 152 valence electrons. The third-order valence-corrected chi connectivity index (χ3v) is 5.04. The van der Waals surface area contributed by atoms with Crippen molar-refractivity contribution in [3.05, 3.63) is 54.2 Å². The molecule has 0 saturated carbocycles. The Hall–Kier alpha value is -2.96. The molecule has 6 nitrogen and oxygen atoms in total. The number of rotatable bonds is 2. The van der Waals surface area contributed by atoms with Crippen LogP contribution in [0.2, 0.25) is 0 Å². The molecule has 0 spiro atoms. The van der Waals surface area contributed by atoms with Crippen LogP contribution in [0.15, 0.2) is 42.7 Å². The molecule has 4 heterocycles. The number of ether oxygens (including phenoxy) is 1. The van der Waals surface area contributed by atoms with E-state index < -0.39 is 5.60 Å². The van der Waals surface area contributed by atoms with Gasteiger partial charge < -0.3 is 9.64 Å². The number of amides is 1. The summed E-state index contributed by atoms with van der Waals surface area (Å²) in [6, 6.07) is 8.82. The molecule has 0 N–H and O–H groups in total. The van der Waals surface area contributed by atoms with E-state index in [2.05, 4.69) is 10.1 Å². The van der Waals surface area contributed by atoms with Crippen LogP contribution in [0, 0.1) is 5.82 Å². The Bertz CT molecular complexity index is 1040. The predicted octanol–water partition coefficient (Wildman–Crippen LogP) is 4.65. The van der Waals surface area contributed by atoms with Gasteiger partial charge in [0.2, 0.25) is 0 Å². The molecule has 1 unspecified atom stereocenters. The first-order valence-corrected chi connectivity index (χ1v) is 9.89. The average Bonchev–Trinajstić information content (AvgIpc) is 3.11. The second-order valence-corrected chi connectivity index (χ2v) is 8.42. The molecule has 1 amide bonds. The fourth-order valence-electron chi connectivity index (χ4n) is 3.70. The van der Waals surface area contributed by atoms with Crippen LogP contribution in [0.25, 0.3) is 16.8 Å². The Morgan fingerprint density at radius 1 is 1.24 bits per heavy atom. The summed E-state index contributed by atoms with van der Waals surface area (Å²) in [6.45, 7) is 6.75. The summed E-state index contributed by atoms with van der Waals surface area (Å²) in [5, 5.41) is 4.29. The molecule has 1 aliphatic rings. The number of fused-ring (bicyclic) bond motifs is 1. The van der Waals surface area contributed by atoms with Crippen molar-refractivity contribution in [2.24, 2.45) is 0 Å². The first-order chi connectivity index (χ1) is 13.8. The van der Waals surface area contributed by atoms with Crippen molar-refractivity contribution in [1.29, 1.82) is 0 Å². The van der Waals surface area contributed by atoms with E-state index in [-0.39, 0.29) is 23.5 Å². The highest BCUT2D eigenvalue weighted by molar-refractivity contribution is 5.77. The highest BCUT2D eigenvalue weighted by Gasteiger charge is 2.29. The van der Waals surface area contributed by atoms with Gasteiger partial charge in [-0.3, -0.25) is 0 Å². The van der Waals surface area contributed by atoms with Crippen molar-refractivity contribution in [3.63, 3.8) is 0 Å². The topological polar surface area (TPSA) is 59.7 Å². The highest BCUT2D eigenvalue weighted by Crippen LogP contribution is 2.31. The summed E-state index contributed by atoms with van der Waals surface area (Å²) < 4.78 is 21.8. The zero-order valence-electron chi connectivity index (χ0n) is 16.9. The standard InChI is InChI=1S/C22H25FN4O2/c1-22(2,3)29-21(28)26-11-6-7-15(14-26)18-10-9-17(23)20(25-18)16-13-24-27-12-5-4-8-19(16)27/h4-5,8-10,12-13,15H,6-7,11,14H2,1-3H3. The molecule has 3 aromatic heterocycles. The Morgan fingerprint density at radius 2 is 2.07 bits per heavy atom. The van der Waals surface area contributed by atoms with Gasteiger partial charge in [0.1, 0.15) is 17.1 Å². The van der Waals surface area contributed by atoms with Crippen LogP contribution in [0.1, 0.15) is 45.2 Å². The average molecular weight is 396 g/mol. The van der Waals surface area contributed by atoms with Gasteiger partial charge >= 0.3 is 6.09 Å². The van der Waals surface area contributed by atoms with E-state index in [4.69, 9.17) is 4.74 Å². The summed E-state index contributed by atoms with van der Waals surface area (Å²) in [7, 11) is 0. The van der Waals surface area contributed by atoms with Crippen LogP contribution >= 0.6 is 0 Å². The zero-order chi connectivity index (χ0) is 20.6. The van der Waals surface area contributed by atoms with Crippen molar-refractivity contribution in [3.8, 4) is 11.3 Å². The lowest BCUT2D eigenvalue weighted by Crippen LogP contribution is -2.42. The van der Waals surface area contributed by atoms with Crippen molar-refractivity contribution in [2.45, 2.75) is 45.1 Å². The zero-order valence-corrected chi connectivity index (χ0v) is 16.9. The van der Waals surface area contributed by atoms with Crippen molar-refractivity contribution in [2.75, 3.05) is 13.1 Å². The van der Waals surface area contributed by atoms with E-state index in [1.165, 1.54) is 6.07 Å². The van der Waals surface area contributed by atoms with Crippen LogP contribution in [-0.2, 0) is 4.74 Å². The number of piperidine rings is 1. The van der Waals surface area contributed by atoms with Crippen LogP contribution < -0.4 is 0 Å². The van der Waals surface area contributed by atoms with Crippen molar-refractivity contribution >= 4 is 11.6 Å². The molecule has 4 rings (SSSR count). The number of nitrogens with zero attached hydrogens (tertiary/aromatic N) is 4. The lowest BCUT2D eigenvalue weighted by atomic mass is 9.94. The maximum absolute atomic E-state index is 14.6. The molecule has 1 aliphatic heterocycles. The molecule has 1 saturated heterocycles. The molecule has 1 fully saturated rings. The summed E-state index contributed by atoms with van der Waals surface area (Å²) in [5.74, 6) is -0.343. The number of hydrogen-bond acceptors (Lipinski definition) is 4. The van der Waals surface area contributed by atoms with Crippen LogP contribution in [-0.4, -0.2) is 44.3 Å². The Labute approximate surface area is 169 Å². The number of aromatic nitrogens is 3. The lowest BCUT2D eigenvalue weighted by molar-refractivity contribution is 0.0197. The van der Waals surface area contributed by atoms with E-state index in [0.717, 1.165) is 24.1 Å². The molecule has 1 atom stereocenters. The quantitative estimate of drug-likeness (QED) is 0.633. The minimum atomic E-state index is -0.533. The monoisotopic (exact) mass is 396 g/mol. The Kier molecular flexibility index (Phi) is 4.98. The fraction of sp³-hybridized carbons (Fsp3) is 0.409. The van der Waals surface area contributed by atoms with Crippen molar-refractivity contribution < 1.29 is 13.9 Å². The third kappa shape index (κ3) is 4.09. The summed E-state index contributed by atoms with van der Waals surface area (Å²) >= 11 is 0. The normalized spacial score (nSPS) is 17.5.